The third kappa shape index (κ3) is 5.33. The molecule has 0 aliphatic rings. The molecule has 0 heterocycles. The van der Waals surface area contributed by atoms with Crippen LogP contribution in [-0.4, -0.2) is 16.2 Å². The lowest BCUT2D eigenvalue weighted by atomic mass is 10.1. The van der Waals surface area contributed by atoms with Gasteiger partial charge in [-0.15, -0.1) is 0 Å². The molecule has 2 rings (SSSR count). The minimum Gasteiger partial charge on any atom is -0.479 e. The molecular formula is C15H17NO3. The number of benzene rings is 2. The highest BCUT2D eigenvalue weighted by molar-refractivity contribution is 5.73. The first-order chi connectivity index (χ1) is 9.15. The van der Waals surface area contributed by atoms with E-state index in [1.54, 1.807) is 30.3 Å². The maximum atomic E-state index is 10.2. The van der Waals surface area contributed by atoms with Crippen LogP contribution in [0.1, 0.15) is 17.2 Å². The summed E-state index contributed by atoms with van der Waals surface area (Å²) in [6.07, 6.45) is -1.41. The number of carboxylic acids is 1. The molecule has 0 saturated heterocycles. The van der Waals surface area contributed by atoms with Crippen molar-refractivity contribution in [2.24, 2.45) is 5.73 Å². The highest BCUT2D eigenvalue weighted by Gasteiger charge is 2.14. The largest absolute Gasteiger partial charge is 0.479 e. The average molecular weight is 259 g/mol. The fraction of sp³-hybridized carbons (Fsp3) is 0.133. The molecule has 100 valence electrons. The zero-order valence-corrected chi connectivity index (χ0v) is 10.4. The Bertz CT molecular complexity index is 485. The number of hydrogen-bond donors (Lipinski definition) is 3. The fourth-order valence-corrected chi connectivity index (χ4v) is 1.39. The molecule has 4 N–H and O–H groups in total. The number of carboxylic acid groups (broad SMARTS) is 1. The Kier molecular flexibility index (Phi) is 6.29. The normalized spacial score (nSPS) is 11.1. The topological polar surface area (TPSA) is 83.6 Å². The van der Waals surface area contributed by atoms with Crippen LogP contribution in [0.15, 0.2) is 60.7 Å². The van der Waals surface area contributed by atoms with Gasteiger partial charge in [-0.3, -0.25) is 0 Å². The Morgan fingerprint density at radius 1 is 1.00 bits per heavy atom. The molecule has 4 heteroatoms. The van der Waals surface area contributed by atoms with Crippen molar-refractivity contribution in [1.82, 2.24) is 0 Å². The Hall–Kier alpha value is -2.17. The smallest absolute Gasteiger partial charge is 0.337 e. The maximum absolute atomic E-state index is 10.2. The number of rotatable bonds is 3. The van der Waals surface area contributed by atoms with Crippen molar-refractivity contribution in [1.29, 1.82) is 0 Å². The minimum atomic E-state index is -1.41. The number of aliphatic carboxylic acids is 1. The first-order valence-electron chi connectivity index (χ1n) is 5.85. The average Bonchev–Trinajstić information content (AvgIpc) is 2.48. The van der Waals surface area contributed by atoms with Crippen LogP contribution in [0, 0.1) is 0 Å². The summed E-state index contributed by atoms with van der Waals surface area (Å²) in [7, 11) is 0. The number of carbonyl (C=O) groups is 1. The van der Waals surface area contributed by atoms with Crippen LogP contribution < -0.4 is 5.73 Å². The van der Waals surface area contributed by atoms with Gasteiger partial charge in [-0.1, -0.05) is 60.7 Å². The molecule has 19 heavy (non-hydrogen) atoms. The first-order valence-corrected chi connectivity index (χ1v) is 5.85. The summed E-state index contributed by atoms with van der Waals surface area (Å²) < 4.78 is 0. The van der Waals surface area contributed by atoms with Crippen molar-refractivity contribution < 1.29 is 15.0 Å². The summed E-state index contributed by atoms with van der Waals surface area (Å²) in [6.45, 7) is 0.640. The number of nitrogens with two attached hydrogens (primary N) is 1. The molecule has 0 aliphatic heterocycles. The van der Waals surface area contributed by atoms with E-state index >= 15 is 0 Å². The van der Waals surface area contributed by atoms with Gasteiger partial charge in [0.1, 0.15) is 0 Å². The Morgan fingerprint density at radius 3 is 1.84 bits per heavy atom. The van der Waals surface area contributed by atoms with Crippen molar-refractivity contribution in [2.45, 2.75) is 12.6 Å². The van der Waals surface area contributed by atoms with Crippen molar-refractivity contribution in [3.05, 3.63) is 71.8 Å². The predicted octanol–water partition coefficient (Wildman–Crippen LogP) is 1.95. The van der Waals surface area contributed by atoms with Gasteiger partial charge in [0.25, 0.3) is 0 Å². The second-order valence-corrected chi connectivity index (χ2v) is 3.84. The zero-order chi connectivity index (χ0) is 14.1. The van der Waals surface area contributed by atoms with Crippen LogP contribution >= 0.6 is 0 Å². The third-order valence-electron chi connectivity index (χ3n) is 2.43. The maximum Gasteiger partial charge on any atom is 0.337 e. The lowest BCUT2D eigenvalue weighted by Crippen LogP contribution is -2.09. The van der Waals surface area contributed by atoms with Crippen LogP contribution in [0.2, 0.25) is 0 Å². The van der Waals surface area contributed by atoms with E-state index in [0.29, 0.717) is 12.1 Å². The zero-order valence-electron chi connectivity index (χ0n) is 10.4. The SMILES string of the molecule is NCc1ccccc1.O=C(O)[C@H](O)c1ccccc1. The molecule has 0 radical (unpaired) electrons. The van der Waals surface area contributed by atoms with E-state index in [1.807, 2.05) is 30.3 Å². The van der Waals surface area contributed by atoms with E-state index in [4.69, 9.17) is 15.9 Å². The second-order valence-electron chi connectivity index (χ2n) is 3.84. The van der Waals surface area contributed by atoms with Gasteiger partial charge in [0.2, 0.25) is 0 Å². The second kappa shape index (κ2) is 8.02. The quantitative estimate of drug-likeness (QED) is 0.786. The first kappa shape index (κ1) is 14.9. The van der Waals surface area contributed by atoms with Crippen molar-refractivity contribution in [3.63, 3.8) is 0 Å². The van der Waals surface area contributed by atoms with Crippen LogP contribution in [0.4, 0.5) is 0 Å². The monoisotopic (exact) mass is 259 g/mol. The predicted molar refractivity (Wildman–Crippen MR) is 73.4 cm³/mol. The summed E-state index contributed by atoms with van der Waals surface area (Å²) >= 11 is 0. The fourth-order valence-electron chi connectivity index (χ4n) is 1.39. The van der Waals surface area contributed by atoms with Crippen molar-refractivity contribution >= 4 is 5.97 Å². The van der Waals surface area contributed by atoms with Gasteiger partial charge in [0.15, 0.2) is 6.10 Å². The van der Waals surface area contributed by atoms with Crippen LogP contribution in [-0.2, 0) is 11.3 Å². The molecular weight excluding hydrogens is 242 g/mol. The summed E-state index contributed by atoms with van der Waals surface area (Å²) in [6, 6.07) is 18.3. The standard InChI is InChI=1S/C8H8O3.C7H9N/c9-7(8(10)11)6-4-2-1-3-5-6;8-6-7-4-2-1-3-5-7/h1-5,7,9H,(H,10,11);1-5H,6,8H2/t7-;/m1./s1. The molecule has 2 aromatic rings. The third-order valence-corrected chi connectivity index (χ3v) is 2.43. The number of hydrogen-bond acceptors (Lipinski definition) is 3. The molecule has 2 aromatic carbocycles. The molecule has 0 unspecified atom stereocenters. The summed E-state index contributed by atoms with van der Waals surface area (Å²) in [5, 5.41) is 17.4. The van der Waals surface area contributed by atoms with Gasteiger partial charge in [-0.05, 0) is 11.1 Å². The Balaban J connectivity index is 0.000000200. The summed E-state index contributed by atoms with van der Waals surface area (Å²) in [5.74, 6) is -1.23. The summed E-state index contributed by atoms with van der Waals surface area (Å²) in [4.78, 5) is 10.2. The molecule has 0 fully saturated rings. The molecule has 4 nitrogen and oxygen atoms in total. The van der Waals surface area contributed by atoms with E-state index in [0.717, 1.165) is 0 Å². The molecule has 0 aliphatic carbocycles. The van der Waals surface area contributed by atoms with Gasteiger partial charge >= 0.3 is 5.97 Å². The van der Waals surface area contributed by atoms with E-state index in [1.165, 1.54) is 5.56 Å². The molecule has 1 atom stereocenters. The molecule has 0 aromatic heterocycles. The minimum absolute atomic E-state index is 0.403. The highest BCUT2D eigenvalue weighted by atomic mass is 16.4. The van der Waals surface area contributed by atoms with Gasteiger partial charge in [0, 0.05) is 6.54 Å². The Morgan fingerprint density at radius 2 is 1.47 bits per heavy atom. The van der Waals surface area contributed by atoms with E-state index in [-0.39, 0.29) is 0 Å². The van der Waals surface area contributed by atoms with Gasteiger partial charge in [0.05, 0.1) is 0 Å². The Labute approximate surface area is 112 Å². The van der Waals surface area contributed by atoms with Gasteiger partial charge in [-0.2, -0.15) is 0 Å². The number of aliphatic hydroxyl groups excluding tert-OH is 1. The van der Waals surface area contributed by atoms with E-state index in [9.17, 15) is 4.79 Å². The van der Waals surface area contributed by atoms with E-state index < -0.39 is 12.1 Å². The van der Waals surface area contributed by atoms with Crippen molar-refractivity contribution in [3.8, 4) is 0 Å². The molecule has 0 amide bonds. The van der Waals surface area contributed by atoms with Crippen molar-refractivity contribution in [2.75, 3.05) is 0 Å². The van der Waals surface area contributed by atoms with Crippen LogP contribution in [0.5, 0.6) is 0 Å². The molecule has 0 bridgehead atoms. The number of aliphatic hydroxyl groups is 1. The molecule has 0 spiro atoms. The highest BCUT2D eigenvalue weighted by Crippen LogP contribution is 2.10. The van der Waals surface area contributed by atoms with Gasteiger partial charge < -0.3 is 15.9 Å². The lowest BCUT2D eigenvalue weighted by molar-refractivity contribution is -0.146. The van der Waals surface area contributed by atoms with Crippen LogP contribution in [0.25, 0.3) is 0 Å². The van der Waals surface area contributed by atoms with E-state index in [2.05, 4.69) is 0 Å². The molecule has 0 saturated carbocycles. The summed E-state index contributed by atoms with van der Waals surface area (Å²) in [5.41, 5.74) is 6.94. The van der Waals surface area contributed by atoms with Crippen LogP contribution in [0.3, 0.4) is 0 Å². The van der Waals surface area contributed by atoms with Gasteiger partial charge in [-0.25, -0.2) is 4.79 Å². The lowest BCUT2D eigenvalue weighted by Gasteiger charge is -2.03.